The number of alkyl carbamates (subject to hydrolysis) is 1. The van der Waals surface area contributed by atoms with Crippen LogP contribution in [0, 0.1) is 12.8 Å². The van der Waals surface area contributed by atoms with Gasteiger partial charge in [-0.25, -0.2) is 4.79 Å². The van der Waals surface area contributed by atoms with E-state index in [9.17, 15) is 14.4 Å². The third-order valence-corrected chi connectivity index (χ3v) is 6.75. The van der Waals surface area contributed by atoms with Crippen LogP contribution in [0.15, 0.2) is 48.5 Å². The third kappa shape index (κ3) is 9.01. The van der Waals surface area contributed by atoms with Crippen molar-refractivity contribution in [1.82, 2.24) is 10.2 Å². The number of anilines is 1. The summed E-state index contributed by atoms with van der Waals surface area (Å²) in [6.45, 7) is 15.0. The van der Waals surface area contributed by atoms with Crippen LogP contribution < -0.4 is 15.4 Å². The summed E-state index contributed by atoms with van der Waals surface area (Å²) in [6.07, 6.45) is 0.594. The molecule has 0 aliphatic carbocycles. The Morgan fingerprint density at radius 1 is 0.923 bits per heavy atom. The van der Waals surface area contributed by atoms with E-state index in [1.165, 1.54) is 0 Å². The lowest BCUT2D eigenvalue weighted by Crippen LogP contribution is -2.56. The van der Waals surface area contributed by atoms with Gasteiger partial charge in [-0.3, -0.25) is 9.59 Å². The Morgan fingerprint density at radius 3 is 2.00 bits per heavy atom. The second kappa shape index (κ2) is 14.0. The average Bonchev–Trinajstić information content (AvgIpc) is 2.89. The molecule has 0 saturated carbocycles. The fraction of sp³-hybridized carbons (Fsp3) is 0.516. The maximum absolute atomic E-state index is 14.3. The number of methoxy groups -OCH3 is 1. The Hall–Kier alpha value is -3.55. The number of rotatable bonds is 11. The number of aryl methyl sites for hydroxylation is 1. The Kier molecular flexibility index (Phi) is 11.4. The number of carbonyl (C=O) groups excluding carboxylic acids is 3. The van der Waals surface area contributed by atoms with E-state index in [2.05, 4.69) is 10.6 Å². The molecule has 8 nitrogen and oxygen atoms in total. The van der Waals surface area contributed by atoms with Crippen molar-refractivity contribution in [2.75, 3.05) is 12.4 Å². The number of carbonyl (C=O) groups is 3. The van der Waals surface area contributed by atoms with Gasteiger partial charge >= 0.3 is 6.09 Å². The van der Waals surface area contributed by atoms with E-state index in [1.54, 1.807) is 57.0 Å². The zero-order chi connectivity index (χ0) is 29.3. The number of ether oxygens (including phenoxy) is 2. The standard InChI is InChI=1S/C31H45N3O5/c1-10-21(4)26(33-30(37)39-31(6,7)8)29(36)34(22(5)11-2)27(23-14-12-20(3)13-15-23)28(35)32-24-16-18-25(38-9)19-17-24/h12-19,21-22,26-27H,10-11H2,1-9H3,(H,32,35)(H,33,37). The monoisotopic (exact) mass is 539 g/mol. The van der Waals surface area contributed by atoms with Gasteiger partial charge in [-0.05, 0) is 76.8 Å². The van der Waals surface area contributed by atoms with Crippen LogP contribution in [0.1, 0.15) is 78.5 Å². The van der Waals surface area contributed by atoms with Crippen LogP contribution in [0.4, 0.5) is 10.5 Å². The minimum Gasteiger partial charge on any atom is -0.497 e. The van der Waals surface area contributed by atoms with Crippen molar-refractivity contribution >= 4 is 23.6 Å². The molecule has 0 bridgehead atoms. The first-order valence-corrected chi connectivity index (χ1v) is 13.6. The predicted octanol–water partition coefficient (Wildman–Crippen LogP) is 6.25. The van der Waals surface area contributed by atoms with Gasteiger partial charge in [0.2, 0.25) is 5.91 Å². The lowest BCUT2D eigenvalue weighted by Gasteiger charge is -2.39. The highest BCUT2D eigenvalue weighted by Gasteiger charge is 2.40. The number of amides is 3. The largest absolute Gasteiger partial charge is 0.497 e. The lowest BCUT2D eigenvalue weighted by atomic mass is 9.94. The van der Waals surface area contributed by atoms with Crippen LogP contribution in [0.25, 0.3) is 0 Å². The topological polar surface area (TPSA) is 97.0 Å². The summed E-state index contributed by atoms with van der Waals surface area (Å²) in [5.41, 5.74) is 1.59. The Morgan fingerprint density at radius 2 is 1.51 bits per heavy atom. The second-order valence-electron chi connectivity index (χ2n) is 11.0. The number of hydrogen-bond donors (Lipinski definition) is 2. The first kappa shape index (κ1) is 31.7. The molecule has 0 aliphatic rings. The highest BCUT2D eigenvalue weighted by atomic mass is 16.6. The maximum Gasteiger partial charge on any atom is 0.408 e. The predicted molar refractivity (Wildman–Crippen MR) is 155 cm³/mol. The summed E-state index contributed by atoms with van der Waals surface area (Å²) in [7, 11) is 1.58. The maximum atomic E-state index is 14.3. The molecule has 4 unspecified atom stereocenters. The Labute approximate surface area is 233 Å². The lowest BCUT2D eigenvalue weighted by molar-refractivity contribution is -0.144. The minimum absolute atomic E-state index is 0.195. The summed E-state index contributed by atoms with van der Waals surface area (Å²) >= 11 is 0. The van der Waals surface area contributed by atoms with Crippen LogP contribution in [-0.2, 0) is 14.3 Å². The van der Waals surface area contributed by atoms with Crippen molar-refractivity contribution in [3.63, 3.8) is 0 Å². The van der Waals surface area contributed by atoms with E-state index in [-0.39, 0.29) is 23.8 Å². The molecule has 0 radical (unpaired) electrons. The number of hydrogen-bond acceptors (Lipinski definition) is 5. The summed E-state index contributed by atoms with van der Waals surface area (Å²) in [5.74, 6) is -0.207. The van der Waals surface area contributed by atoms with Crippen LogP contribution >= 0.6 is 0 Å². The molecule has 2 aromatic carbocycles. The van der Waals surface area contributed by atoms with E-state index in [4.69, 9.17) is 9.47 Å². The van der Waals surface area contributed by atoms with Crippen molar-refractivity contribution in [2.24, 2.45) is 5.92 Å². The Balaban J connectivity index is 2.55. The van der Waals surface area contributed by atoms with Crippen molar-refractivity contribution in [1.29, 1.82) is 0 Å². The van der Waals surface area contributed by atoms with E-state index < -0.39 is 23.8 Å². The molecule has 2 aromatic rings. The normalized spacial score (nSPS) is 14.4. The van der Waals surface area contributed by atoms with Crippen LogP contribution in [0.5, 0.6) is 5.75 Å². The van der Waals surface area contributed by atoms with E-state index >= 15 is 0 Å². The van der Waals surface area contributed by atoms with Gasteiger partial charge in [-0.1, -0.05) is 57.0 Å². The first-order chi connectivity index (χ1) is 18.3. The number of nitrogens with one attached hydrogen (secondary N) is 2. The molecule has 4 atom stereocenters. The molecule has 0 spiro atoms. The highest BCUT2D eigenvalue weighted by molar-refractivity contribution is 5.99. The molecule has 214 valence electrons. The third-order valence-electron chi connectivity index (χ3n) is 6.75. The van der Waals surface area contributed by atoms with Gasteiger partial charge in [0.1, 0.15) is 23.4 Å². The molecule has 0 saturated heterocycles. The highest BCUT2D eigenvalue weighted by Crippen LogP contribution is 2.29. The Bertz CT molecular complexity index is 1090. The summed E-state index contributed by atoms with van der Waals surface area (Å²) < 4.78 is 10.7. The van der Waals surface area contributed by atoms with Gasteiger partial charge < -0.3 is 25.0 Å². The van der Waals surface area contributed by atoms with Crippen LogP contribution in [0.2, 0.25) is 0 Å². The minimum atomic E-state index is -0.929. The number of benzene rings is 2. The van der Waals surface area contributed by atoms with Crippen molar-refractivity contribution < 1.29 is 23.9 Å². The SMILES string of the molecule is CCC(C)C(NC(=O)OC(C)(C)C)C(=O)N(C(C)CC)C(C(=O)Nc1ccc(OC)cc1)c1ccc(C)cc1. The molecule has 3 amide bonds. The van der Waals surface area contributed by atoms with E-state index in [0.717, 1.165) is 5.56 Å². The fourth-order valence-electron chi connectivity index (χ4n) is 4.15. The fourth-order valence-corrected chi connectivity index (χ4v) is 4.15. The van der Waals surface area contributed by atoms with Crippen molar-refractivity contribution in [2.45, 2.75) is 92.0 Å². The van der Waals surface area contributed by atoms with Gasteiger partial charge in [0.05, 0.1) is 7.11 Å². The van der Waals surface area contributed by atoms with Gasteiger partial charge in [-0.15, -0.1) is 0 Å². The smallest absolute Gasteiger partial charge is 0.408 e. The summed E-state index contributed by atoms with van der Waals surface area (Å²) in [5, 5.41) is 5.78. The van der Waals surface area contributed by atoms with Crippen molar-refractivity contribution in [3.05, 3.63) is 59.7 Å². The second-order valence-corrected chi connectivity index (χ2v) is 11.0. The first-order valence-electron chi connectivity index (χ1n) is 13.6. The average molecular weight is 540 g/mol. The number of nitrogens with zero attached hydrogens (tertiary/aromatic N) is 1. The zero-order valence-corrected chi connectivity index (χ0v) is 24.8. The molecule has 39 heavy (non-hydrogen) atoms. The van der Waals surface area contributed by atoms with Gasteiger partial charge in [0.25, 0.3) is 5.91 Å². The molecule has 2 rings (SSSR count). The molecular weight excluding hydrogens is 494 g/mol. The molecule has 0 aliphatic heterocycles. The molecule has 2 N–H and O–H groups in total. The summed E-state index contributed by atoms with van der Waals surface area (Å²) in [6, 6.07) is 12.5. The summed E-state index contributed by atoms with van der Waals surface area (Å²) in [4.78, 5) is 42.6. The van der Waals surface area contributed by atoms with Crippen LogP contribution in [-0.4, -0.2) is 47.6 Å². The molecule has 0 aromatic heterocycles. The molecule has 0 heterocycles. The van der Waals surface area contributed by atoms with E-state index in [0.29, 0.717) is 29.8 Å². The quantitative estimate of drug-likeness (QED) is 0.352. The van der Waals surface area contributed by atoms with Gasteiger partial charge in [0.15, 0.2) is 0 Å². The van der Waals surface area contributed by atoms with E-state index in [1.807, 2.05) is 58.9 Å². The van der Waals surface area contributed by atoms with Gasteiger partial charge in [-0.2, -0.15) is 0 Å². The molecular formula is C31H45N3O5. The van der Waals surface area contributed by atoms with Crippen molar-refractivity contribution in [3.8, 4) is 5.75 Å². The van der Waals surface area contributed by atoms with Gasteiger partial charge in [0, 0.05) is 11.7 Å². The molecule has 8 heteroatoms. The van der Waals surface area contributed by atoms with Crippen LogP contribution in [0.3, 0.4) is 0 Å². The zero-order valence-electron chi connectivity index (χ0n) is 24.8. The molecule has 0 fully saturated rings.